The third kappa shape index (κ3) is 7.78. The Kier molecular flexibility index (Phi) is 9.54. The quantitative estimate of drug-likeness (QED) is 0.616. The van der Waals surface area contributed by atoms with Crippen LogP contribution in [-0.4, -0.2) is 42.9 Å². The summed E-state index contributed by atoms with van der Waals surface area (Å²) in [7, 11) is 0. The van der Waals surface area contributed by atoms with Gasteiger partial charge in [-0.2, -0.15) is 11.8 Å². The largest absolute Gasteiger partial charge is 0.491 e. The van der Waals surface area contributed by atoms with Crippen molar-refractivity contribution in [1.29, 1.82) is 0 Å². The number of aliphatic hydroxyl groups is 1. The lowest BCUT2D eigenvalue weighted by Crippen LogP contribution is -2.32. The van der Waals surface area contributed by atoms with Gasteiger partial charge in [0.05, 0.1) is 0 Å². The van der Waals surface area contributed by atoms with Gasteiger partial charge in [-0.25, -0.2) is 0 Å². The van der Waals surface area contributed by atoms with Crippen LogP contribution in [0.25, 0.3) is 0 Å². The maximum atomic E-state index is 9.82. The number of hydrogen-bond acceptors (Lipinski definition) is 4. The zero-order valence-corrected chi connectivity index (χ0v) is 13.4. The summed E-state index contributed by atoms with van der Waals surface area (Å²) in [5, 5.41) is 13.1. The first kappa shape index (κ1) is 17.3. The van der Waals surface area contributed by atoms with Gasteiger partial charge in [-0.1, -0.05) is 19.1 Å². The van der Waals surface area contributed by atoms with E-state index in [2.05, 4.69) is 30.6 Å². The van der Waals surface area contributed by atoms with E-state index in [9.17, 15) is 5.11 Å². The lowest BCUT2D eigenvalue weighted by molar-refractivity contribution is 0.106. The molecule has 0 aliphatic heterocycles. The van der Waals surface area contributed by atoms with E-state index in [1.54, 1.807) is 0 Å². The Morgan fingerprint density at radius 1 is 1.25 bits per heavy atom. The van der Waals surface area contributed by atoms with Crippen molar-refractivity contribution < 1.29 is 9.84 Å². The molecule has 0 amide bonds. The van der Waals surface area contributed by atoms with Crippen LogP contribution in [0.3, 0.4) is 0 Å². The molecule has 2 N–H and O–H groups in total. The van der Waals surface area contributed by atoms with Crippen LogP contribution in [-0.2, 0) is 6.42 Å². The maximum absolute atomic E-state index is 9.82. The Balaban J connectivity index is 2.08. The van der Waals surface area contributed by atoms with Crippen LogP contribution in [0, 0.1) is 0 Å². The van der Waals surface area contributed by atoms with Crippen molar-refractivity contribution >= 4 is 11.8 Å². The predicted molar refractivity (Wildman–Crippen MR) is 87.8 cm³/mol. The van der Waals surface area contributed by atoms with Crippen LogP contribution in [0.15, 0.2) is 24.3 Å². The number of aliphatic hydroxyl groups excluding tert-OH is 1. The fraction of sp³-hybridized carbons (Fsp3) is 0.625. The van der Waals surface area contributed by atoms with Crippen molar-refractivity contribution in [3.63, 3.8) is 0 Å². The summed E-state index contributed by atoms with van der Waals surface area (Å²) in [5.41, 5.74) is 1.30. The highest BCUT2D eigenvalue weighted by atomic mass is 32.2. The standard InChI is InChI=1S/C16H27NO2S/c1-3-14-6-8-16(9-7-14)19-13-15(18)12-17-10-4-5-11-20-2/h6-9,15,17-18H,3-5,10-13H2,1-2H3. The first-order valence-corrected chi connectivity index (χ1v) is 8.75. The Morgan fingerprint density at radius 2 is 2.00 bits per heavy atom. The normalized spacial score (nSPS) is 12.3. The summed E-state index contributed by atoms with van der Waals surface area (Å²) >= 11 is 1.88. The minimum absolute atomic E-state index is 0.337. The highest BCUT2D eigenvalue weighted by molar-refractivity contribution is 7.98. The van der Waals surface area contributed by atoms with E-state index >= 15 is 0 Å². The third-order valence-electron chi connectivity index (χ3n) is 3.11. The summed E-state index contributed by atoms with van der Waals surface area (Å²) in [6.45, 7) is 4.02. The molecule has 0 saturated heterocycles. The monoisotopic (exact) mass is 297 g/mol. The molecular formula is C16H27NO2S. The molecule has 0 heterocycles. The van der Waals surface area contributed by atoms with Crippen molar-refractivity contribution in [2.75, 3.05) is 31.7 Å². The molecule has 0 bridgehead atoms. The molecule has 0 saturated carbocycles. The van der Waals surface area contributed by atoms with Gasteiger partial charge in [0.15, 0.2) is 0 Å². The molecule has 0 spiro atoms. The summed E-state index contributed by atoms with van der Waals surface area (Å²) in [6, 6.07) is 8.04. The lowest BCUT2D eigenvalue weighted by atomic mass is 10.2. The molecule has 1 unspecified atom stereocenters. The van der Waals surface area contributed by atoms with Crippen molar-refractivity contribution in [2.24, 2.45) is 0 Å². The van der Waals surface area contributed by atoms with Gasteiger partial charge in [-0.15, -0.1) is 0 Å². The zero-order chi connectivity index (χ0) is 14.6. The average Bonchev–Trinajstić information content (AvgIpc) is 2.49. The average molecular weight is 297 g/mol. The molecule has 0 fully saturated rings. The van der Waals surface area contributed by atoms with Gasteiger partial charge in [0.2, 0.25) is 0 Å². The number of hydrogen-bond donors (Lipinski definition) is 2. The molecule has 0 aliphatic rings. The van der Waals surface area contributed by atoms with Crippen molar-refractivity contribution in [3.05, 3.63) is 29.8 Å². The lowest BCUT2D eigenvalue weighted by Gasteiger charge is -2.13. The smallest absolute Gasteiger partial charge is 0.119 e. The molecule has 1 atom stereocenters. The minimum Gasteiger partial charge on any atom is -0.491 e. The van der Waals surface area contributed by atoms with Crippen LogP contribution in [0.2, 0.25) is 0 Å². The summed E-state index contributed by atoms with van der Waals surface area (Å²) in [4.78, 5) is 0. The fourth-order valence-corrected chi connectivity index (χ4v) is 2.33. The Bertz CT molecular complexity index is 343. The molecule has 0 aliphatic carbocycles. The van der Waals surface area contributed by atoms with E-state index in [0.717, 1.165) is 25.1 Å². The van der Waals surface area contributed by atoms with Crippen LogP contribution in [0.4, 0.5) is 0 Å². The van der Waals surface area contributed by atoms with Gasteiger partial charge in [0.1, 0.15) is 18.5 Å². The van der Waals surface area contributed by atoms with Gasteiger partial charge in [0, 0.05) is 6.54 Å². The number of rotatable bonds is 11. The molecule has 4 heteroatoms. The molecule has 3 nitrogen and oxygen atoms in total. The number of nitrogens with one attached hydrogen (secondary N) is 1. The number of thioether (sulfide) groups is 1. The maximum Gasteiger partial charge on any atom is 0.119 e. The number of benzene rings is 1. The number of unbranched alkanes of at least 4 members (excludes halogenated alkanes) is 1. The summed E-state index contributed by atoms with van der Waals surface area (Å²) in [6.07, 6.45) is 5.09. The van der Waals surface area contributed by atoms with Crippen LogP contribution < -0.4 is 10.1 Å². The summed E-state index contributed by atoms with van der Waals surface area (Å²) in [5.74, 6) is 2.03. The van der Waals surface area contributed by atoms with Gasteiger partial charge in [-0.3, -0.25) is 0 Å². The third-order valence-corrected chi connectivity index (χ3v) is 3.80. The number of ether oxygens (including phenoxy) is 1. The van der Waals surface area contributed by atoms with E-state index in [4.69, 9.17) is 4.74 Å². The van der Waals surface area contributed by atoms with Crippen LogP contribution in [0.1, 0.15) is 25.3 Å². The molecule has 1 rings (SSSR count). The Morgan fingerprint density at radius 3 is 2.65 bits per heavy atom. The number of aryl methyl sites for hydroxylation is 1. The molecule has 0 radical (unpaired) electrons. The first-order valence-electron chi connectivity index (χ1n) is 7.35. The van der Waals surface area contributed by atoms with E-state index in [0.29, 0.717) is 13.2 Å². The predicted octanol–water partition coefficient (Wildman–Crippen LogP) is 2.72. The molecule has 1 aromatic carbocycles. The molecular weight excluding hydrogens is 270 g/mol. The second-order valence-electron chi connectivity index (χ2n) is 4.87. The highest BCUT2D eigenvalue weighted by Crippen LogP contribution is 2.12. The van der Waals surface area contributed by atoms with E-state index in [1.165, 1.54) is 17.7 Å². The van der Waals surface area contributed by atoms with Crippen molar-refractivity contribution in [2.45, 2.75) is 32.3 Å². The minimum atomic E-state index is -0.457. The van der Waals surface area contributed by atoms with Gasteiger partial charge < -0.3 is 15.2 Å². The molecule has 20 heavy (non-hydrogen) atoms. The molecule has 114 valence electrons. The van der Waals surface area contributed by atoms with E-state index in [-0.39, 0.29) is 0 Å². The Hall–Kier alpha value is -0.710. The topological polar surface area (TPSA) is 41.5 Å². The summed E-state index contributed by atoms with van der Waals surface area (Å²) < 4.78 is 5.57. The molecule has 1 aromatic rings. The van der Waals surface area contributed by atoms with Crippen LogP contribution in [0.5, 0.6) is 5.75 Å². The van der Waals surface area contributed by atoms with Crippen molar-refractivity contribution in [3.8, 4) is 5.75 Å². The zero-order valence-electron chi connectivity index (χ0n) is 12.6. The van der Waals surface area contributed by atoms with Gasteiger partial charge >= 0.3 is 0 Å². The molecule has 0 aromatic heterocycles. The SMILES string of the molecule is CCc1ccc(OCC(O)CNCCCCSC)cc1. The highest BCUT2D eigenvalue weighted by Gasteiger charge is 2.04. The Labute approximate surface area is 127 Å². The fourth-order valence-electron chi connectivity index (χ4n) is 1.84. The van der Waals surface area contributed by atoms with Gasteiger partial charge in [-0.05, 0) is 55.5 Å². The van der Waals surface area contributed by atoms with Gasteiger partial charge in [0.25, 0.3) is 0 Å². The van der Waals surface area contributed by atoms with Crippen LogP contribution >= 0.6 is 11.8 Å². The second kappa shape index (κ2) is 11.0. The second-order valence-corrected chi connectivity index (χ2v) is 5.85. The van der Waals surface area contributed by atoms with E-state index < -0.39 is 6.10 Å². The van der Waals surface area contributed by atoms with Crippen molar-refractivity contribution in [1.82, 2.24) is 5.32 Å². The first-order chi connectivity index (χ1) is 9.76. The van der Waals surface area contributed by atoms with E-state index in [1.807, 2.05) is 23.9 Å².